The van der Waals surface area contributed by atoms with Crippen LogP contribution in [-0.2, 0) is 9.84 Å². The first-order valence-electron chi connectivity index (χ1n) is 8.51. The van der Waals surface area contributed by atoms with Crippen LogP contribution in [0.4, 0.5) is 5.82 Å². The van der Waals surface area contributed by atoms with Crippen molar-refractivity contribution in [3.05, 3.63) is 36.2 Å². The molecule has 0 amide bonds. The molecule has 3 aromatic rings. The number of nitrogens with one attached hydrogen (secondary N) is 1. The van der Waals surface area contributed by atoms with Crippen LogP contribution in [0.15, 0.2) is 40.1 Å². The Morgan fingerprint density at radius 3 is 2.42 bits per heavy atom. The van der Waals surface area contributed by atoms with Crippen molar-refractivity contribution in [3.8, 4) is 5.88 Å². The van der Waals surface area contributed by atoms with E-state index in [-0.39, 0.29) is 27.2 Å². The van der Waals surface area contributed by atoms with Gasteiger partial charge in [-0.15, -0.1) is 0 Å². The maximum Gasteiger partial charge on any atom is 0.242 e. The van der Waals surface area contributed by atoms with Crippen LogP contribution in [0.5, 0.6) is 5.88 Å². The highest BCUT2D eigenvalue weighted by Crippen LogP contribution is 2.35. The predicted octanol–water partition coefficient (Wildman–Crippen LogP) is 3.25. The molecule has 0 unspecified atom stereocenters. The van der Waals surface area contributed by atoms with E-state index in [2.05, 4.69) is 15.0 Å². The molecule has 0 aliphatic rings. The monoisotopic (exact) mass is 374 g/mol. The summed E-state index contributed by atoms with van der Waals surface area (Å²) in [5, 5.41) is 0. The normalized spacial score (nSPS) is 12.0. The summed E-state index contributed by atoms with van der Waals surface area (Å²) in [4.78, 5) is 11.7. The van der Waals surface area contributed by atoms with Gasteiger partial charge in [-0.1, -0.05) is 32.0 Å². The summed E-state index contributed by atoms with van der Waals surface area (Å²) in [5.74, 6) is 0.766. The van der Waals surface area contributed by atoms with Crippen LogP contribution in [0.25, 0.3) is 11.0 Å². The summed E-state index contributed by atoms with van der Waals surface area (Å²) in [7, 11) is -3.83. The number of H-pyrrole nitrogens is 1. The van der Waals surface area contributed by atoms with Crippen LogP contribution in [0, 0.1) is 6.92 Å². The summed E-state index contributed by atoms with van der Waals surface area (Å²) >= 11 is 0. The van der Waals surface area contributed by atoms with Gasteiger partial charge >= 0.3 is 0 Å². The first kappa shape index (κ1) is 18.2. The number of nitrogens with zero attached hydrogens (tertiary/aromatic N) is 2. The molecular weight excluding hydrogens is 352 g/mol. The van der Waals surface area contributed by atoms with Crippen LogP contribution >= 0.6 is 0 Å². The Bertz CT molecular complexity index is 1030. The van der Waals surface area contributed by atoms with Crippen molar-refractivity contribution in [2.45, 2.75) is 49.5 Å². The highest BCUT2D eigenvalue weighted by Gasteiger charge is 2.28. The number of sulfone groups is 1. The maximum absolute atomic E-state index is 13.1. The molecule has 3 rings (SSSR count). The number of aromatic amines is 1. The van der Waals surface area contributed by atoms with Crippen molar-refractivity contribution in [1.29, 1.82) is 0 Å². The molecule has 1 aromatic carbocycles. The molecule has 0 atom stereocenters. The van der Waals surface area contributed by atoms with Crippen LogP contribution in [-0.4, -0.2) is 29.5 Å². The number of nitrogen functional groups attached to an aromatic ring is 1. The lowest BCUT2D eigenvalue weighted by molar-refractivity contribution is 0.187. The second-order valence-corrected chi connectivity index (χ2v) is 7.93. The van der Waals surface area contributed by atoms with E-state index in [0.29, 0.717) is 17.2 Å². The zero-order valence-electron chi connectivity index (χ0n) is 15.0. The number of aromatic nitrogens is 3. The number of fused-ring (bicyclic) bond motifs is 1. The van der Waals surface area contributed by atoms with Gasteiger partial charge in [0.05, 0.1) is 4.90 Å². The highest BCUT2D eigenvalue weighted by atomic mass is 32.2. The van der Waals surface area contributed by atoms with Gasteiger partial charge in [0.25, 0.3) is 0 Å². The molecule has 0 aliphatic carbocycles. The number of hydrogen-bond donors (Lipinski definition) is 2. The Morgan fingerprint density at radius 2 is 1.81 bits per heavy atom. The number of rotatable bonds is 6. The van der Waals surface area contributed by atoms with Gasteiger partial charge in [0.2, 0.25) is 15.7 Å². The molecule has 0 spiro atoms. The average Bonchev–Trinajstić information content (AvgIpc) is 2.96. The van der Waals surface area contributed by atoms with E-state index in [1.807, 2.05) is 13.8 Å². The van der Waals surface area contributed by atoms with Crippen LogP contribution in [0.3, 0.4) is 0 Å². The predicted molar refractivity (Wildman–Crippen MR) is 99.9 cm³/mol. The number of hydrogen-bond acceptors (Lipinski definition) is 6. The van der Waals surface area contributed by atoms with Gasteiger partial charge in [-0.3, -0.25) is 0 Å². The summed E-state index contributed by atoms with van der Waals surface area (Å²) in [6, 6.07) is 8.15. The van der Waals surface area contributed by atoms with Gasteiger partial charge in [0.15, 0.2) is 0 Å². The Hall–Kier alpha value is -2.61. The van der Waals surface area contributed by atoms with E-state index in [1.165, 1.54) is 12.1 Å². The fraction of sp³-hybridized carbons (Fsp3) is 0.333. The fourth-order valence-corrected chi connectivity index (χ4v) is 4.32. The molecule has 7 nitrogen and oxygen atoms in total. The second-order valence-electron chi connectivity index (χ2n) is 6.04. The minimum absolute atomic E-state index is 0.0220. The number of anilines is 1. The van der Waals surface area contributed by atoms with Crippen molar-refractivity contribution in [2.75, 3.05) is 5.73 Å². The SMILES string of the molecule is CCC(CC)Oc1nc(C)nc2c(S(=O)(=O)c3ccccc3)c(N)[nH]c12. The molecule has 3 N–H and O–H groups in total. The summed E-state index contributed by atoms with van der Waals surface area (Å²) in [6.07, 6.45) is 1.60. The van der Waals surface area contributed by atoms with Crippen molar-refractivity contribution >= 4 is 26.7 Å². The molecule has 138 valence electrons. The topological polar surface area (TPSA) is 111 Å². The van der Waals surface area contributed by atoms with Gasteiger partial charge in [0.1, 0.15) is 33.7 Å². The molecule has 26 heavy (non-hydrogen) atoms. The van der Waals surface area contributed by atoms with Gasteiger partial charge < -0.3 is 15.5 Å². The lowest BCUT2D eigenvalue weighted by Crippen LogP contribution is -2.15. The number of benzene rings is 1. The van der Waals surface area contributed by atoms with E-state index in [4.69, 9.17) is 10.5 Å². The van der Waals surface area contributed by atoms with Crippen molar-refractivity contribution in [3.63, 3.8) is 0 Å². The summed E-state index contributed by atoms with van der Waals surface area (Å²) < 4.78 is 32.1. The lowest BCUT2D eigenvalue weighted by atomic mass is 10.2. The van der Waals surface area contributed by atoms with Gasteiger partial charge in [-0.05, 0) is 31.9 Å². The molecule has 0 aliphatic heterocycles. The fourth-order valence-electron chi connectivity index (χ4n) is 2.83. The van der Waals surface area contributed by atoms with Crippen LogP contribution < -0.4 is 10.5 Å². The van der Waals surface area contributed by atoms with E-state index in [0.717, 1.165) is 12.8 Å². The highest BCUT2D eigenvalue weighted by molar-refractivity contribution is 7.92. The smallest absolute Gasteiger partial charge is 0.242 e. The molecule has 8 heteroatoms. The Morgan fingerprint density at radius 1 is 1.15 bits per heavy atom. The van der Waals surface area contributed by atoms with E-state index >= 15 is 0 Å². The Labute approximate surface area is 152 Å². The molecule has 2 aromatic heterocycles. The molecule has 0 bridgehead atoms. The minimum Gasteiger partial charge on any atom is -0.473 e. The van der Waals surface area contributed by atoms with E-state index in [1.54, 1.807) is 25.1 Å². The molecular formula is C18H22N4O3S. The first-order chi connectivity index (χ1) is 12.4. The maximum atomic E-state index is 13.1. The van der Waals surface area contributed by atoms with Crippen LogP contribution in [0.1, 0.15) is 32.5 Å². The molecule has 0 saturated heterocycles. The number of ether oxygens (including phenoxy) is 1. The third kappa shape index (κ3) is 3.12. The van der Waals surface area contributed by atoms with Crippen molar-refractivity contribution in [1.82, 2.24) is 15.0 Å². The first-order valence-corrected chi connectivity index (χ1v) is 9.99. The number of nitrogens with two attached hydrogens (primary N) is 1. The Kier molecular flexibility index (Phi) is 4.86. The largest absolute Gasteiger partial charge is 0.473 e. The third-order valence-corrected chi connectivity index (χ3v) is 6.06. The van der Waals surface area contributed by atoms with E-state index in [9.17, 15) is 8.42 Å². The summed E-state index contributed by atoms with van der Waals surface area (Å²) in [6.45, 7) is 5.74. The molecule has 0 radical (unpaired) electrons. The van der Waals surface area contributed by atoms with Crippen LogP contribution in [0.2, 0.25) is 0 Å². The van der Waals surface area contributed by atoms with Crippen molar-refractivity contribution in [2.24, 2.45) is 0 Å². The van der Waals surface area contributed by atoms with Gasteiger partial charge in [-0.2, -0.15) is 4.98 Å². The molecule has 2 heterocycles. The quantitative estimate of drug-likeness (QED) is 0.685. The zero-order valence-corrected chi connectivity index (χ0v) is 15.8. The zero-order chi connectivity index (χ0) is 18.9. The Balaban J connectivity index is 2.23. The molecule has 0 fully saturated rings. The van der Waals surface area contributed by atoms with Gasteiger partial charge in [-0.25, -0.2) is 13.4 Å². The standard InChI is InChI=1S/C18H22N4O3S/c1-4-12(5-2)25-18-15-14(20-11(3)21-18)16(17(19)22-15)26(23,24)13-9-7-6-8-10-13/h6-10,12,22H,4-5,19H2,1-3H3. The number of aryl methyl sites for hydroxylation is 1. The average molecular weight is 374 g/mol. The second kappa shape index (κ2) is 6.95. The molecule has 0 saturated carbocycles. The lowest BCUT2D eigenvalue weighted by Gasteiger charge is -2.15. The third-order valence-electron chi connectivity index (χ3n) is 4.22. The van der Waals surface area contributed by atoms with E-state index < -0.39 is 9.84 Å². The van der Waals surface area contributed by atoms with Crippen molar-refractivity contribution < 1.29 is 13.2 Å². The van der Waals surface area contributed by atoms with Gasteiger partial charge in [0, 0.05) is 0 Å². The summed E-state index contributed by atoms with van der Waals surface area (Å²) in [5.41, 5.74) is 6.68. The minimum atomic E-state index is -3.83.